The number of pyridine rings is 1. The molecule has 134 valence electrons. The Hall–Kier alpha value is -1.87. The molecule has 1 N–H and O–H groups in total. The van der Waals surface area contributed by atoms with Gasteiger partial charge in [-0.05, 0) is 13.0 Å². The van der Waals surface area contributed by atoms with Gasteiger partial charge < -0.3 is 10.2 Å². The fourth-order valence-electron chi connectivity index (χ4n) is 2.53. The topological polar surface area (TPSA) is 58.1 Å². The highest BCUT2D eigenvalue weighted by Crippen LogP contribution is 2.35. The van der Waals surface area contributed by atoms with Gasteiger partial charge in [0, 0.05) is 31.7 Å². The molecule has 0 aliphatic carbocycles. The van der Waals surface area contributed by atoms with Crippen LogP contribution in [0.15, 0.2) is 17.8 Å². The van der Waals surface area contributed by atoms with Gasteiger partial charge in [0.1, 0.15) is 10.7 Å². The van der Waals surface area contributed by atoms with Gasteiger partial charge in [-0.2, -0.15) is 13.2 Å². The Balaban J connectivity index is 1.53. The normalized spacial score (nSPS) is 15.2. The minimum atomic E-state index is -4.47. The van der Waals surface area contributed by atoms with E-state index in [0.29, 0.717) is 36.0 Å². The molecule has 10 heteroatoms. The molecule has 0 unspecified atom stereocenters. The van der Waals surface area contributed by atoms with E-state index in [2.05, 4.69) is 15.3 Å². The molecule has 0 bridgehead atoms. The van der Waals surface area contributed by atoms with Crippen LogP contribution >= 0.6 is 22.9 Å². The van der Waals surface area contributed by atoms with Crippen LogP contribution in [0.25, 0.3) is 0 Å². The highest BCUT2D eigenvalue weighted by molar-refractivity contribution is 7.11. The second-order valence-corrected chi connectivity index (χ2v) is 7.04. The zero-order valence-corrected chi connectivity index (χ0v) is 14.7. The first kappa shape index (κ1) is 17.9. The SMILES string of the molecule is Cc1ncsc1C(=O)NCC1CN(c2ncc(C(F)(F)F)cc2Cl)C1. The Morgan fingerprint density at radius 1 is 1.44 bits per heavy atom. The smallest absolute Gasteiger partial charge is 0.355 e. The molecule has 1 fully saturated rings. The summed E-state index contributed by atoms with van der Waals surface area (Å²) in [5, 5.41) is 2.82. The van der Waals surface area contributed by atoms with E-state index in [0.717, 1.165) is 12.3 Å². The van der Waals surface area contributed by atoms with Crippen molar-refractivity contribution in [3.63, 3.8) is 0 Å². The highest BCUT2D eigenvalue weighted by Gasteiger charge is 2.34. The van der Waals surface area contributed by atoms with Crippen LogP contribution in [0, 0.1) is 12.8 Å². The van der Waals surface area contributed by atoms with Crippen LogP contribution in [-0.2, 0) is 6.18 Å². The Bertz CT molecular complexity index is 789. The summed E-state index contributed by atoms with van der Waals surface area (Å²) in [7, 11) is 0. The van der Waals surface area contributed by atoms with Crippen LogP contribution in [0.1, 0.15) is 20.9 Å². The standard InChI is InChI=1S/C15H14ClF3N4OS/c1-8-12(25-7-22-8)14(24)21-3-9-5-23(6-9)13-11(16)2-10(4-20-13)15(17,18)19/h2,4,7,9H,3,5-6H2,1H3,(H,21,24). The van der Waals surface area contributed by atoms with Crippen LogP contribution in [-0.4, -0.2) is 35.5 Å². The maximum atomic E-state index is 12.6. The quantitative estimate of drug-likeness (QED) is 0.869. The largest absolute Gasteiger partial charge is 0.417 e. The third kappa shape index (κ3) is 3.87. The number of rotatable bonds is 4. The number of carbonyl (C=O) groups is 1. The first-order valence-electron chi connectivity index (χ1n) is 7.41. The summed E-state index contributed by atoms with van der Waals surface area (Å²) in [4.78, 5) is 22.2. The second-order valence-electron chi connectivity index (χ2n) is 5.78. The number of halogens is 4. The molecule has 0 saturated carbocycles. The molecule has 25 heavy (non-hydrogen) atoms. The number of nitrogens with zero attached hydrogens (tertiary/aromatic N) is 3. The molecule has 1 aliphatic rings. The zero-order chi connectivity index (χ0) is 18.2. The number of hydrogen-bond donors (Lipinski definition) is 1. The molecule has 2 aromatic heterocycles. The van der Waals surface area contributed by atoms with Gasteiger partial charge in [0.15, 0.2) is 0 Å². The monoisotopic (exact) mass is 390 g/mol. The lowest BCUT2D eigenvalue weighted by molar-refractivity contribution is -0.137. The number of amides is 1. The van der Waals surface area contributed by atoms with Crippen molar-refractivity contribution < 1.29 is 18.0 Å². The van der Waals surface area contributed by atoms with E-state index in [1.807, 2.05) is 0 Å². The lowest BCUT2D eigenvalue weighted by Gasteiger charge is -2.40. The molecule has 1 saturated heterocycles. The number of nitrogens with one attached hydrogen (secondary N) is 1. The molecule has 3 heterocycles. The van der Waals surface area contributed by atoms with Crippen LogP contribution in [0.3, 0.4) is 0 Å². The summed E-state index contributed by atoms with van der Waals surface area (Å²) in [6.07, 6.45) is -3.69. The minimum Gasteiger partial charge on any atom is -0.355 e. The first-order valence-corrected chi connectivity index (χ1v) is 8.67. The molecule has 2 aromatic rings. The molecule has 1 amide bonds. The molecular formula is C15H14ClF3N4OS. The van der Waals surface area contributed by atoms with Gasteiger partial charge in [-0.3, -0.25) is 4.79 Å². The van der Waals surface area contributed by atoms with Crippen molar-refractivity contribution in [3.05, 3.63) is 38.9 Å². The van der Waals surface area contributed by atoms with E-state index in [4.69, 9.17) is 11.6 Å². The third-order valence-electron chi connectivity index (χ3n) is 3.91. The maximum Gasteiger partial charge on any atom is 0.417 e. The Kier molecular flexibility index (Phi) is 4.88. The van der Waals surface area contributed by atoms with Gasteiger partial charge in [-0.15, -0.1) is 11.3 Å². The number of thiazole rings is 1. The molecule has 5 nitrogen and oxygen atoms in total. The van der Waals surface area contributed by atoms with E-state index in [-0.39, 0.29) is 16.8 Å². The lowest BCUT2D eigenvalue weighted by Crippen LogP contribution is -2.52. The van der Waals surface area contributed by atoms with Gasteiger partial charge in [0.05, 0.1) is 21.8 Å². The molecule has 3 rings (SSSR count). The summed E-state index contributed by atoms with van der Waals surface area (Å²) in [5.74, 6) is 0.358. The van der Waals surface area contributed by atoms with Crippen LogP contribution in [0.5, 0.6) is 0 Å². The number of alkyl halides is 3. The van der Waals surface area contributed by atoms with Gasteiger partial charge in [0.25, 0.3) is 5.91 Å². The molecular weight excluding hydrogens is 377 g/mol. The molecule has 0 aromatic carbocycles. The summed E-state index contributed by atoms with van der Waals surface area (Å²) >= 11 is 7.21. The number of aromatic nitrogens is 2. The molecule has 0 atom stereocenters. The molecule has 0 radical (unpaired) electrons. The lowest BCUT2D eigenvalue weighted by atomic mass is 10.00. The third-order valence-corrected chi connectivity index (χ3v) is 5.11. The number of anilines is 1. The average molecular weight is 391 g/mol. The van der Waals surface area contributed by atoms with Crippen LogP contribution in [0.2, 0.25) is 5.02 Å². The highest BCUT2D eigenvalue weighted by atomic mass is 35.5. The van der Waals surface area contributed by atoms with Gasteiger partial charge in [0.2, 0.25) is 0 Å². The fraction of sp³-hybridized carbons (Fsp3) is 0.400. The van der Waals surface area contributed by atoms with Crippen LogP contribution < -0.4 is 10.2 Å². The van der Waals surface area contributed by atoms with E-state index >= 15 is 0 Å². The van der Waals surface area contributed by atoms with Gasteiger partial charge in [-0.25, -0.2) is 9.97 Å². The summed E-state index contributed by atoms with van der Waals surface area (Å²) < 4.78 is 37.9. The predicted molar refractivity (Wildman–Crippen MR) is 89.1 cm³/mol. The van der Waals surface area contributed by atoms with Crippen molar-refractivity contribution in [2.45, 2.75) is 13.1 Å². The Morgan fingerprint density at radius 2 is 2.16 bits per heavy atom. The predicted octanol–water partition coefficient (Wildman–Crippen LogP) is 3.38. The first-order chi connectivity index (χ1) is 11.8. The van der Waals surface area contributed by atoms with E-state index in [1.54, 1.807) is 17.3 Å². The summed E-state index contributed by atoms with van der Waals surface area (Å²) in [5.41, 5.74) is 1.44. The van der Waals surface area contributed by atoms with Crippen molar-refractivity contribution in [1.82, 2.24) is 15.3 Å². The van der Waals surface area contributed by atoms with Gasteiger partial charge >= 0.3 is 6.18 Å². The average Bonchev–Trinajstić information content (AvgIpc) is 2.92. The number of aryl methyl sites for hydroxylation is 1. The van der Waals surface area contributed by atoms with E-state index < -0.39 is 11.7 Å². The number of hydrogen-bond acceptors (Lipinski definition) is 5. The summed E-state index contributed by atoms with van der Waals surface area (Å²) in [6, 6.07) is 0.881. The van der Waals surface area contributed by atoms with Crippen molar-refractivity contribution in [1.29, 1.82) is 0 Å². The fourth-order valence-corrected chi connectivity index (χ4v) is 3.53. The van der Waals surface area contributed by atoms with Crippen molar-refractivity contribution >= 4 is 34.7 Å². The Morgan fingerprint density at radius 3 is 2.72 bits per heavy atom. The van der Waals surface area contributed by atoms with Crippen molar-refractivity contribution in [3.8, 4) is 0 Å². The maximum absolute atomic E-state index is 12.6. The zero-order valence-electron chi connectivity index (χ0n) is 13.1. The second kappa shape index (κ2) is 6.80. The molecule has 0 spiro atoms. The van der Waals surface area contributed by atoms with Crippen molar-refractivity contribution in [2.24, 2.45) is 5.92 Å². The number of carbonyl (C=O) groups excluding carboxylic acids is 1. The van der Waals surface area contributed by atoms with E-state index in [9.17, 15) is 18.0 Å². The minimum absolute atomic E-state index is 0.0300. The van der Waals surface area contributed by atoms with Crippen molar-refractivity contribution in [2.75, 3.05) is 24.5 Å². The van der Waals surface area contributed by atoms with Gasteiger partial charge in [-0.1, -0.05) is 11.6 Å². The Labute approximate surface area is 150 Å². The van der Waals surface area contributed by atoms with E-state index in [1.165, 1.54) is 11.3 Å². The van der Waals surface area contributed by atoms with Crippen LogP contribution in [0.4, 0.5) is 19.0 Å². The summed E-state index contributed by atoms with van der Waals surface area (Å²) in [6.45, 7) is 3.39. The molecule has 1 aliphatic heterocycles.